The zero-order chi connectivity index (χ0) is 15.2. The van der Waals surface area contributed by atoms with Gasteiger partial charge >= 0.3 is 0 Å². The van der Waals surface area contributed by atoms with Crippen molar-refractivity contribution >= 4 is 0 Å². The van der Waals surface area contributed by atoms with E-state index in [0.717, 1.165) is 22.3 Å². The Hall–Kier alpha value is -1.56. The van der Waals surface area contributed by atoms with Gasteiger partial charge in [-0.25, -0.2) is 0 Å². The molecule has 2 rings (SSSR count). The number of hydrogen-bond donors (Lipinski definition) is 0. The maximum absolute atomic E-state index is 8.09. The van der Waals surface area contributed by atoms with Crippen LogP contribution >= 0.6 is 0 Å². The van der Waals surface area contributed by atoms with Crippen molar-refractivity contribution in [2.45, 2.75) is 41.5 Å². The number of aryl methyl sites for hydroxylation is 2. The van der Waals surface area contributed by atoms with Crippen LogP contribution in [-0.2, 0) is 0 Å². The van der Waals surface area contributed by atoms with E-state index in [2.05, 4.69) is 26.0 Å². The first-order valence-electron chi connectivity index (χ1n) is 7.40. The van der Waals surface area contributed by atoms with Crippen molar-refractivity contribution < 1.29 is 2.74 Å². The third kappa shape index (κ3) is 2.20. The Morgan fingerprint density at radius 2 is 1.00 bits per heavy atom. The van der Waals surface area contributed by atoms with Crippen molar-refractivity contribution in [1.29, 1.82) is 0 Å². The molecule has 0 fully saturated rings. The van der Waals surface area contributed by atoms with Gasteiger partial charge in [-0.3, -0.25) is 0 Å². The normalized spacial score (nSPS) is 12.3. The molecule has 2 aromatic rings. The minimum absolute atomic E-state index is 0.634. The predicted octanol–water partition coefficient (Wildman–Crippen LogP) is 5.20. The Morgan fingerprint density at radius 1 is 0.667 bits per heavy atom. The van der Waals surface area contributed by atoms with Crippen molar-refractivity contribution in [3.63, 3.8) is 0 Å². The predicted molar refractivity (Wildman–Crippen MR) is 80.3 cm³/mol. The zero-order valence-electron chi connectivity index (χ0n) is 14.2. The van der Waals surface area contributed by atoms with Crippen molar-refractivity contribution in [2.24, 2.45) is 0 Å². The van der Waals surface area contributed by atoms with Crippen LogP contribution in [0.5, 0.6) is 0 Å². The second-order valence-electron chi connectivity index (χ2n) is 5.23. The molecule has 0 bridgehead atoms. The van der Waals surface area contributed by atoms with Crippen LogP contribution in [0, 0.1) is 41.5 Å². The summed E-state index contributed by atoms with van der Waals surface area (Å²) in [6.45, 7) is 12.2. The molecule has 0 nitrogen and oxygen atoms in total. The van der Waals surface area contributed by atoms with Gasteiger partial charge in [0.25, 0.3) is 0 Å². The van der Waals surface area contributed by atoms with Crippen LogP contribution < -0.4 is 0 Å². The molecule has 0 unspecified atom stereocenters. The highest BCUT2D eigenvalue weighted by Crippen LogP contribution is 2.31. The van der Waals surface area contributed by atoms with E-state index in [1.165, 1.54) is 22.3 Å². The van der Waals surface area contributed by atoms with E-state index in [4.69, 9.17) is 2.74 Å². The SMILES string of the molecule is [2H]c1c(C)cc(-c2cc(C)c([2H])c(C)c2C)c(C)c1C. The van der Waals surface area contributed by atoms with E-state index in [0.29, 0.717) is 12.1 Å². The summed E-state index contributed by atoms with van der Waals surface area (Å²) in [5, 5.41) is 0. The fourth-order valence-electron chi connectivity index (χ4n) is 2.46. The molecule has 0 N–H and O–H groups in total. The van der Waals surface area contributed by atoms with Gasteiger partial charge in [0.05, 0.1) is 2.74 Å². The van der Waals surface area contributed by atoms with Crippen LogP contribution in [0.4, 0.5) is 0 Å². The molecule has 18 heavy (non-hydrogen) atoms. The summed E-state index contributed by atoms with van der Waals surface area (Å²) in [4.78, 5) is 0. The summed E-state index contributed by atoms with van der Waals surface area (Å²) in [6.07, 6.45) is 0. The molecular formula is C18H22. The minimum Gasteiger partial charge on any atom is -0.0561 e. The van der Waals surface area contributed by atoms with Gasteiger partial charge in [-0.2, -0.15) is 0 Å². The van der Waals surface area contributed by atoms with Gasteiger partial charge in [0.1, 0.15) is 0 Å². The molecule has 0 aliphatic carbocycles. The molecule has 0 radical (unpaired) electrons. The van der Waals surface area contributed by atoms with Crippen LogP contribution in [0.25, 0.3) is 11.1 Å². The summed E-state index contributed by atoms with van der Waals surface area (Å²) in [6, 6.07) is 5.48. The molecule has 0 heteroatoms. The lowest BCUT2D eigenvalue weighted by molar-refractivity contribution is 1.26. The molecule has 0 aliphatic rings. The van der Waals surface area contributed by atoms with Crippen LogP contribution in [0.2, 0.25) is 0 Å². The zero-order valence-corrected chi connectivity index (χ0v) is 12.2. The Labute approximate surface area is 113 Å². The first-order valence-corrected chi connectivity index (χ1v) is 6.40. The first kappa shape index (κ1) is 10.4. The monoisotopic (exact) mass is 240 g/mol. The molecule has 0 amide bonds. The third-order valence-electron chi connectivity index (χ3n) is 3.71. The molecule has 0 aromatic heterocycles. The summed E-state index contributed by atoms with van der Waals surface area (Å²) in [7, 11) is 0. The second-order valence-corrected chi connectivity index (χ2v) is 5.23. The van der Waals surface area contributed by atoms with Gasteiger partial charge in [-0.05, 0) is 74.9 Å². The molecule has 0 saturated heterocycles. The van der Waals surface area contributed by atoms with Crippen molar-refractivity contribution in [3.05, 3.63) is 57.6 Å². The van der Waals surface area contributed by atoms with Gasteiger partial charge < -0.3 is 0 Å². The van der Waals surface area contributed by atoms with Crippen LogP contribution in [-0.4, -0.2) is 0 Å². The van der Waals surface area contributed by atoms with Gasteiger partial charge in [0, 0.05) is 0 Å². The second kappa shape index (κ2) is 4.61. The standard InChI is InChI=1S/C18H22/c1-11-7-13(3)15(5)17(9-11)18-10-12(2)8-14(4)16(18)6/h7-10H,1-6H3/i7D,8D. The maximum atomic E-state index is 8.09. The lowest BCUT2D eigenvalue weighted by atomic mass is 9.89. The maximum Gasteiger partial charge on any atom is 0.0628 e. The number of benzene rings is 2. The Balaban J connectivity index is 2.83. The molecule has 0 heterocycles. The van der Waals surface area contributed by atoms with E-state index < -0.39 is 0 Å². The van der Waals surface area contributed by atoms with Crippen LogP contribution in [0.1, 0.15) is 36.1 Å². The Kier molecular flexibility index (Phi) is 2.65. The topological polar surface area (TPSA) is 0 Å². The Morgan fingerprint density at radius 3 is 1.33 bits per heavy atom. The molecule has 0 saturated carbocycles. The lowest BCUT2D eigenvalue weighted by Gasteiger charge is -2.15. The number of hydrogen-bond acceptors (Lipinski definition) is 0. The summed E-state index contributed by atoms with van der Waals surface area (Å²) < 4.78 is 16.2. The highest BCUT2D eigenvalue weighted by atomic mass is 14.1. The molecule has 0 spiro atoms. The quantitative estimate of drug-likeness (QED) is 0.642. The molecular weight excluding hydrogens is 216 g/mol. The molecule has 0 atom stereocenters. The average Bonchev–Trinajstić information content (AvgIpc) is 2.42. The van der Waals surface area contributed by atoms with Crippen molar-refractivity contribution in [3.8, 4) is 11.1 Å². The highest BCUT2D eigenvalue weighted by Gasteiger charge is 2.10. The van der Waals surface area contributed by atoms with E-state index in [1.807, 2.05) is 27.7 Å². The first-order chi connectivity index (χ1) is 9.25. The van der Waals surface area contributed by atoms with E-state index in [9.17, 15) is 0 Å². The molecule has 94 valence electrons. The lowest BCUT2D eigenvalue weighted by Crippen LogP contribution is -1.94. The van der Waals surface area contributed by atoms with E-state index in [-0.39, 0.29) is 0 Å². The Bertz CT molecular complexity index is 636. The highest BCUT2D eigenvalue weighted by molar-refractivity contribution is 5.73. The molecule has 0 aliphatic heterocycles. The smallest absolute Gasteiger partial charge is 0.0561 e. The largest absolute Gasteiger partial charge is 0.0628 e. The van der Waals surface area contributed by atoms with Gasteiger partial charge in [0.15, 0.2) is 0 Å². The fraction of sp³-hybridized carbons (Fsp3) is 0.333. The van der Waals surface area contributed by atoms with Gasteiger partial charge in [-0.1, -0.05) is 35.3 Å². The summed E-state index contributed by atoms with van der Waals surface area (Å²) in [5.74, 6) is 0. The van der Waals surface area contributed by atoms with Crippen molar-refractivity contribution in [2.75, 3.05) is 0 Å². The third-order valence-corrected chi connectivity index (χ3v) is 3.71. The summed E-state index contributed by atoms with van der Waals surface area (Å²) in [5.41, 5.74) is 8.83. The van der Waals surface area contributed by atoms with Gasteiger partial charge in [-0.15, -0.1) is 0 Å². The van der Waals surface area contributed by atoms with E-state index in [1.54, 1.807) is 0 Å². The average molecular weight is 240 g/mol. The minimum atomic E-state index is 0.634. The van der Waals surface area contributed by atoms with Crippen LogP contribution in [0.3, 0.4) is 0 Å². The summed E-state index contributed by atoms with van der Waals surface area (Å²) >= 11 is 0. The molecule has 2 aromatic carbocycles. The van der Waals surface area contributed by atoms with Gasteiger partial charge in [0.2, 0.25) is 0 Å². The fourth-order valence-corrected chi connectivity index (χ4v) is 2.46. The van der Waals surface area contributed by atoms with Crippen LogP contribution in [0.15, 0.2) is 24.2 Å². The van der Waals surface area contributed by atoms with Crippen molar-refractivity contribution in [1.82, 2.24) is 0 Å². The van der Waals surface area contributed by atoms with E-state index >= 15 is 0 Å². The number of rotatable bonds is 1.